The van der Waals surface area contributed by atoms with Gasteiger partial charge < -0.3 is 19.3 Å². The molecule has 4 nitrogen and oxygen atoms in total. The fourth-order valence-electron chi connectivity index (χ4n) is 5.93. The molecule has 2 aliphatic carbocycles. The van der Waals surface area contributed by atoms with Gasteiger partial charge in [0, 0.05) is 35.0 Å². The van der Waals surface area contributed by atoms with Gasteiger partial charge in [0.1, 0.15) is 5.75 Å². The molecule has 4 aliphatic rings. The van der Waals surface area contributed by atoms with Gasteiger partial charge in [0.25, 0.3) is 0 Å². The van der Waals surface area contributed by atoms with Crippen molar-refractivity contribution in [3.05, 3.63) is 68.7 Å². The Morgan fingerprint density at radius 3 is 2.80 bits per heavy atom. The lowest BCUT2D eigenvalue weighted by atomic mass is 9.99. The molecule has 2 aromatic rings. The van der Waals surface area contributed by atoms with Gasteiger partial charge in [-0.05, 0) is 85.9 Å². The van der Waals surface area contributed by atoms with Crippen LogP contribution >= 0.6 is 11.8 Å². The van der Waals surface area contributed by atoms with E-state index in [4.69, 9.17) is 4.74 Å². The fourth-order valence-corrected chi connectivity index (χ4v) is 7.12. The van der Waals surface area contributed by atoms with E-state index in [1.54, 1.807) is 0 Å². The van der Waals surface area contributed by atoms with Crippen molar-refractivity contribution in [2.45, 2.75) is 63.3 Å². The van der Waals surface area contributed by atoms with Gasteiger partial charge in [-0.25, -0.2) is 0 Å². The minimum Gasteiger partial charge on any atom is -0.494 e. The summed E-state index contributed by atoms with van der Waals surface area (Å²) in [5.41, 5.74) is 5.42. The van der Waals surface area contributed by atoms with Crippen LogP contribution in [0.4, 0.5) is 0 Å². The molecule has 3 heterocycles. The lowest BCUT2D eigenvalue weighted by Crippen LogP contribution is -2.35. The van der Waals surface area contributed by atoms with Crippen molar-refractivity contribution in [1.82, 2.24) is 9.47 Å². The molecule has 6 rings (SSSR count). The van der Waals surface area contributed by atoms with Gasteiger partial charge in [-0.15, -0.1) is 11.8 Å². The van der Waals surface area contributed by atoms with E-state index in [-0.39, 0.29) is 6.10 Å². The molecular weight excluding hydrogens is 452 g/mol. The fraction of sp³-hybridized carbons (Fsp3) is 0.467. The number of benzene rings is 1. The predicted molar refractivity (Wildman–Crippen MR) is 146 cm³/mol. The number of aliphatic hydroxyl groups is 1. The van der Waals surface area contributed by atoms with Crippen LogP contribution in [-0.2, 0) is 12.3 Å². The number of aromatic nitrogens is 1. The number of allylic oxidation sites excluding steroid dienone is 4. The summed E-state index contributed by atoms with van der Waals surface area (Å²) >= 11 is 1.98. The number of fused-ring (bicyclic) bond motifs is 4. The van der Waals surface area contributed by atoms with Crippen LogP contribution in [0.2, 0.25) is 0 Å². The molecule has 0 radical (unpaired) electrons. The zero-order valence-corrected chi connectivity index (χ0v) is 21.4. The quantitative estimate of drug-likeness (QED) is 0.586. The highest BCUT2D eigenvalue weighted by atomic mass is 32.2. The van der Waals surface area contributed by atoms with Crippen molar-refractivity contribution >= 4 is 29.5 Å². The third kappa shape index (κ3) is 4.91. The molecule has 0 bridgehead atoms. The summed E-state index contributed by atoms with van der Waals surface area (Å²) in [6, 6.07) is 8.67. The maximum atomic E-state index is 10.3. The van der Waals surface area contributed by atoms with E-state index in [0.29, 0.717) is 6.42 Å². The number of likely N-dealkylation sites (tertiary alicyclic amines) is 1. The molecular formula is C30H36N2O2S. The zero-order chi connectivity index (χ0) is 23.6. The second-order valence-corrected chi connectivity index (χ2v) is 11.3. The van der Waals surface area contributed by atoms with Crippen molar-refractivity contribution < 1.29 is 9.84 Å². The van der Waals surface area contributed by atoms with Crippen LogP contribution in [0.1, 0.15) is 61.8 Å². The second-order valence-electron chi connectivity index (χ2n) is 10.2. The van der Waals surface area contributed by atoms with Gasteiger partial charge in [-0.1, -0.05) is 36.8 Å². The first-order valence-corrected chi connectivity index (χ1v) is 14.3. The van der Waals surface area contributed by atoms with Crippen LogP contribution in [0.5, 0.6) is 5.75 Å². The van der Waals surface area contributed by atoms with Crippen LogP contribution in [0, 0.1) is 0 Å². The third-order valence-corrected chi connectivity index (χ3v) is 8.93. The standard InChI is InChI=1S/C30H36N2O2S/c33-23-11-14-28-26(19-23)27-21-35-29-8-3-2-7-25(29)30(27)32(28)20-22-9-12-24(13-10-22)34-18-6-17-31-15-4-1-5-16-31/h2,7,9-10,12-14,19,23,33H,1,3-6,8,11,15-18,20-21H2. The number of nitrogens with zero attached hydrogens (tertiary/aromatic N) is 2. The molecule has 1 unspecified atom stereocenters. The summed E-state index contributed by atoms with van der Waals surface area (Å²) in [5, 5.41) is 12.8. The van der Waals surface area contributed by atoms with Gasteiger partial charge in [-0.3, -0.25) is 0 Å². The average molecular weight is 489 g/mol. The Balaban J connectivity index is 1.19. The molecule has 0 spiro atoms. The Morgan fingerprint density at radius 2 is 1.94 bits per heavy atom. The Kier molecular flexibility index (Phi) is 6.91. The molecule has 1 aromatic heterocycles. The summed E-state index contributed by atoms with van der Waals surface area (Å²) in [6.07, 6.45) is 16.7. The van der Waals surface area contributed by atoms with Gasteiger partial charge in [0.15, 0.2) is 0 Å². The number of hydrogen-bond acceptors (Lipinski definition) is 4. The highest BCUT2D eigenvalue weighted by molar-refractivity contribution is 8.02. The normalized spacial score (nSPS) is 21.6. The summed E-state index contributed by atoms with van der Waals surface area (Å²) in [4.78, 5) is 4.09. The first kappa shape index (κ1) is 23.2. The van der Waals surface area contributed by atoms with E-state index in [9.17, 15) is 5.11 Å². The maximum Gasteiger partial charge on any atom is 0.119 e. The lowest BCUT2D eigenvalue weighted by molar-refractivity contribution is 0.205. The molecule has 1 atom stereocenters. The first-order chi connectivity index (χ1) is 17.3. The van der Waals surface area contributed by atoms with Crippen LogP contribution in [0.25, 0.3) is 17.7 Å². The van der Waals surface area contributed by atoms with Crippen molar-refractivity contribution in [2.24, 2.45) is 0 Å². The largest absolute Gasteiger partial charge is 0.494 e. The highest BCUT2D eigenvalue weighted by Gasteiger charge is 2.27. The molecule has 35 heavy (non-hydrogen) atoms. The predicted octanol–water partition coefficient (Wildman–Crippen LogP) is 4.42. The number of rotatable bonds is 7. The number of aliphatic hydroxyl groups excluding tert-OH is 1. The molecule has 5 heteroatoms. The van der Waals surface area contributed by atoms with Crippen molar-refractivity contribution in [3.63, 3.8) is 0 Å². The summed E-state index contributed by atoms with van der Waals surface area (Å²) < 4.78 is 8.55. The summed E-state index contributed by atoms with van der Waals surface area (Å²) in [7, 11) is 0. The Morgan fingerprint density at radius 1 is 1.09 bits per heavy atom. The smallest absolute Gasteiger partial charge is 0.119 e. The topological polar surface area (TPSA) is 37.6 Å². The molecule has 1 saturated heterocycles. The van der Waals surface area contributed by atoms with Gasteiger partial charge in [-0.2, -0.15) is 0 Å². The van der Waals surface area contributed by atoms with Crippen LogP contribution in [0.3, 0.4) is 0 Å². The monoisotopic (exact) mass is 488 g/mol. The van der Waals surface area contributed by atoms with E-state index < -0.39 is 0 Å². The van der Waals surface area contributed by atoms with Gasteiger partial charge >= 0.3 is 0 Å². The highest BCUT2D eigenvalue weighted by Crippen LogP contribution is 2.41. The van der Waals surface area contributed by atoms with E-state index in [1.807, 2.05) is 11.8 Å². The minimum atomic E-state index is -0.379. The summed E-state index contributed by atoms with van der Waals surface area (Å²) in [6.45, 7) is 5.27. The number of thioether (sulfide) groups is 1. The maximum absolute atomic E-state index is 10.3. The third-order valence-electron chi connectivity index (χ3n) is 7.73. The molecule has 0 saturated carbocycles. The molecule has 0 amide bonds. The SMILES string of the molecule is OC1C=c2c3c(n(Cc4ccc(OCCCN5CCCCC5)cc4)c2=CC1)C1=C(CCC=C1)SC3. The van der Waals surface area contributed by atoms with E-state index in [2.05, 4.69) is 58.0 Å². The minimum absolute atomic E-state index is 0.379. The van der Waals surface area contributed by atoms with Crippen LogP contribution < -0.4 is 15.3 Å². The van der Waals surface area contributed by atoms with Crippen molar-refractivity contribution in [3.8, 4) is 5.75 Å². The lowest BCUT2D eigenvalue weighted by Gasteiger charge is -2.26. The van der Waals surface area contributed by atoms with Crippen LogP contribution in [0.15, 0.2) is 41.3 Å². The molecule has 184 valence electrons. The first-order valence-electron chi connectivity index (χ1n) is 13.3. The summed E-state index contributed by atoms with van der Waals surface area (Å²) in [5.74, 6) is 1.96. The second kappa shape index (κ2) is 10.4. The van der Waals surface area contributed by atoms with E-state index in [0.717, 1.165) is 50.5 Å². The number of ether oxygens (including phenoxy) is 1. The van der Waals surface area contributed by atoms with Crippen molar-refractivity contribution in [2.75, 3.05) is 26.2 Å². The molecule has 1 aromatic carbocycles. The Labute approximate surface area is 212 Å². The van der Waals surface area contributed by atoms with Gasteiger partial charge in [0.05, 0.1) is 18.4 Å². The molecule has 1 fully saturated rings. The molecule has 1 N–H and O–H groups in total. The number of piperidine rings is 1. The number of hydrogen-bond donors (Lipinski definition) is 1. The van der Waals surface area contributed by atoms with Crippen LogP contribution in [-0.4, -0.2) is 46.9 Å². The van der Waals surface area contributed by atoms with E-state index >= 15 is 0 Å². The Bertz CT molecular complexity index is 1250. The van der Waals surface area contributed by atoms with E-state index in [1.165, 1.54) is 70.2 Å². The van der Waals surface area contributed by atoms with Crippen molar-refractivity contribution in [1.29, 1.82) is 0 Å². The molecule has 2 aliphatic heterocycles. The Hall–Kier alpha value is -2.21. The average Bonchev–Trinajstić information content (AvgIpc) is 3.21. The van der Waals surface area contributed by atoms with Gasteiger partial charge in [0.2, 0.25) is 0 Å². The zero-order valence-electron chi connectivity index (χ0n) is 20.5.